The third-order valence-corrected chi connectivity index (χ3v) is 6.81. The van der Waals surface area contributed by atoms with Crippen LogP contribution in [-0.4, -0.2) is 49.2 Å². The highest BCUT2D eigenvalue weighted by Crippen LogP contribution is 2.37. The lowest BCUT2D eigenvalue weighted by molar-refractivity contribution is -0.150. The van der Waals surface area contributed by atoms with E-state index in [1.807, 2.05) is 30.3 Å². The van der Waals surface area contributed by atoms with Crippen LogP contribution in [0.4, 0.5) is 0 Å². The van der Waals surface area contributed by atoms with Crippen molar-refractivity contribution in [1.82, 2.24) is 24.1 Å². The second-order valence-corrected chi connectivity index (χ2v) is 9.61. The Hall–Kier alpha value is -4.54. The minimum atomic E-state index is -1.13. The number of H-pyrrole nitrogens is 1. The first-order valence-corrected chi connectivity index (χ1v) is 12.5. The molecule has 2 aliphatic rings. The summed E-state index contributed by atoms with van der Waals surface area (Å²) in [7, 11) is 1.23. The summed E-state index contributed by atoms with van der Waals surface area (Å²) in [4.78, 5) is 63.0. The molecule has 3 aromatic heterocycles. The molecule has 0 unspecified atom stereocenters. The average molecular weight is 516 g/mol. The van der Waals surface area contributed by atoms with Gasteiger partial charge in [-0.15, -0.1) is 0 Å². The number of ether oxygens (including phenoxy) is 2. The third kappa shape index (κ3) is 4.40. The molecule has 0 bridgehead atoms. The summed E-state index contributed by atoms with van der Waals surface area (Å²) in [5.74, 6) is -1.08. The quantitative estimate of drug-likeness (QED) is 0.353. The molecule has 11 nitrogen and oxygen atoms in total. The highest BCUT2D eigenvalue weighted by molar-refractivity contribution is 5.90. The molecule has 4 aromatic rings. The van der Waals surface area contributed by atoms with Crippen LogP contribution in [0, 0.1) is 0 Å². The molecule has 2 saturated carbocycles. The van der Waals surface area contributed by atoms with Crippen LogP contribution in [0.5, 0.6) is 0 Å². The number of carbonyl (C=O) groups is 2. The Bertz CT molecular complexity index is 1650. The Balaban J connectivity index is 1.27. The predicted molar refractivity (Wildman–Crippen MR) is 136 cm³/mol. The maximum Gasteiger partial charge on any atom is 0.357 e. The van der Waals surface area contributed by atoms with Crippen molar-refractivity contribution >= 4 is 23.1 Å². The molecule has 2 fully saturated rings. The van der Waals surface area contributed by atoms with Gasteiger partial charge in [-0.3, -0.25) is 13.9 Å². The van der Waals surface area contributed by atoms with Crippen molar-refractivity contribution in [1.29, 1.82) is 0 Å². The summed E-state index contributed by atoms with van der Waals surface area (Å²) in [6.45, 7) is 0. The molecule has 0 radical (unpaired) electrons. The standard InChI is InChI=1S/C27H25N5O6/c1-37-26(35)20(13-15-5-3-2-4-6-15)38-25(34)19-12-7-16(14-28-19)22-29-21-23(30-22)31(17-8-9-17)27(36)32(24(21)33)18-10-11-18/h2-7,12,14,17-18,20H,8-11,13H2,1H3,(H,29,30)/t20-/m0/s1. The van der Waals surface area contributed by atoms with Gasteiger partial charge in [0.05, 0.1) is 7.11 Å². The van der Waals surface area contributed by atoms with Crippen LogP contribution < -0.4 is 11.2 Å². The summed E-state index contributed by atoms with van der Waals surface area (Å²) >= 11 is 0. The number of nitrogens with zero attached hydrogens (tertiary/aromatic N) is 4. The van der Waals surface area contributed by atoms with Crippen molar-refractivity contribution in [2.45, 2.75) is 50.3 Å². The highest BCUT2D eigenvalue weighted by Gasteiger charge is 2.34. The average Bonchev–Trinajstić information content (AvgIpc) is 3.87. The number of esters is 2. The Morgan fingerprint density at radius 1 is 1.03 bits per heavy atom. The minimum Gasteiger partial charge on any atom is -0.466 e. The van der Waals surface area contributed by atoms with E-state index in [2.05, 4.69) is 15.0 Å². The number of imidazole rings is 1. The number of carbonyl (C=O) groups excluding carboxylic acids is 2. The smallest absolute Gasteiger partial charge is 0.357 e. The number of methoxy groups -OCH3 is 1. The van der Waals surface area contributed by atoms with E-state index in [9.17, 15) is 19.2 Å². The molecule has 11 heteroatoms. The molecular weight excluding hydrogens is 490 g/mol. The van der Waals surface area contributed by atoms with E-state index in [-0.39, 0.29) is 41.0 Å². The first-order valence-electron chi connectivity index (χ1n) is 12.5. The van der Waals surface area contributed by atoms with Gasteiger partial charge in [-0.1, -0.05) is 30.3 Å². The fourth-order valence-electron chi connectivity index (χ4n) is 4.53. The minimum absolute atomic E-state index is 0.00203. The predicted octanol–water partition coefficient (Wildman–Crippen LogP) is 2.56. The molecule has 1 N–H and O–H groups in total. The van der Waals surface area contributed by atoms with Crippen molar-refractivity contribution in [2.24, 2.45) is 0 Å². The molecular formula is C27H25N5O6. The van der Waals surface area contributed by atoms with Gasteiger partial charge in [-0.25, -0.2) is 24.4 Å². The van der Waals surface area contributed by atoms with Gasteiger partial charge in [-0.05, 0) is 43.4 Å². The molecule has 1 aromatic carbocycles. The molecule has 6 rings (SSSR count). The second kappa shape index (κ2) is 9.40. The molecule has 38 heavy (non-hydrogen) atoms. The van der Waals surface area contributed by atoms with Crippen LogP contribution in [0.25, 0.3) is 22.6 Å². The van der Waals surface area contributed by atoms with Gasteiger partial charge in [0.25, 0.3) is 5.56 Å². The molecule has 0 amide bonds. The van der Waals surface area contributed by atoms with E-state index >= 15 is 0 Å². The van der Waals surface area contributed by atoms with Crippen molar-refractivity contribution in [2.75, 3.05) is 7.11 Å². The Morgan fingerprint density at radius 3 is 2.37 bits per heavy atom. The van der Waals surface area contributed by atoms with Crippen molar-refractivity contribution < 1.29 is 19.1 Å². The number of benzene rings is 1. The van der Waals surface area contributed by atoms with E-state index in [0.717, 1.165) is 31.2 Å². The third-order valence-electron chi connectivity index (χ3n) is 6.81. The van der Waals surface area contributed by atoms with Gasteiger partial charge in [0, 0.05) is 30.3 Å². The van der Waals surface area contributed by atoms with Crippen LogP contribution >= 0.6 is 0 Å². The summed E-state index contributed by atoms with van der Waals surface area (Å²) in [5.41, 5.74) is 1.27. The highest BCUT2D eigenvalue weighted by atomic mass is 16.6. The zero-order chi connectivity index (χ0) is 26.4. The monoisotopic (exact) mass is 515 g/mol. The van der Waals surface area contributed by atoms with Crippen molar-refractivity contribution in [3.8, 4) is 11.4 Å². The zero-order valence-corrected chi connectivity index (χ0v) is 20.6. The van der Waals surface area contributed by atoms with E-state index in [4.69, 9.17) is 9.47 Å². The number of pyridine rings is 1. The maximum atomic E-state index is 13.1. The largest absolute Gasteiger partial charge is 0.466 e. The van der Waals surface area contributed by atoms with Gasteiger partial charge in [0.2, 0.25) is 6.10 Å². The van der Waals surface area contributed by atoms with Crippen molar-refractivity contribution in [3.05, 3.63) is 80.8 Å². The summed E-state index contributed by atoms with van der Waals surface area (Å²) in [6, 6.07) is 12.2. The number of rotatable bonds is 8. The number of nitrogens with one attached hydrogen (secondary N) is 1. The SMILES string of the molecule is COC(=O)[C@H](Cc1ccccc1)OC(=O)c1ccc(-c2nc3c([nH]2)c(=O)n(C2CC2)c(=O)n3C2CC2)cn1. The van der Waals surface area contributed by atoms with Crippen molar-refractivity contribution in [3.63, 3.8) is 0 Å². The summed E-state index contributed by atoms with van der Waals surface area (Å²) in [6.07, 6.45) is 3.84. The van der Waals surface area contributed by atoms with Crippen LogP contribution in [0.15, 0.2) is 58.3 Å². The summed E-state index contributed by atoms with van der Waals surface area (Å²) in [5, 5.41) is 0. The molecule has 194 valence electrons. The van der Waals surface area contributed by atoms with Gasteiger partial charge in [0.1, 0.15) is 17.0 Å². The number of aromatic amines is 1. The van der Waals surface area contributed by atoms with Crippen LogP contribution in [0.3, 0.4) is 0 Å². The maximum absolute atomic E-state index is 13.1. The van der Waals surface area contributed by atoms with E-state index in [0.29, 0.717) is 17.0 Å². The van der Waals surface area contributed by atoms with E-state index in [1.165, 1.54) is 23.9 Å². The number of aromatic nitrogens is 5. The molecule has 1 atom stereocenters. The molecule has 2 aliphatic carbocycles. The summed E-state index contributed by atoms with van der Waals surface area (Å²) < 4.78 is 13.2. The van der Waals surface area contributed by atoms with Gasteiger partial charge in [-0.2, -0.15) is 0 Å². The molecule has 0 aliphatic heterocycles. The lowest BCUT2D eigenvalue weighted by Gasteiger charge is -2.15. The van der Waals surface area contributed by atoms with Crippen LogP contribution in [0.1, 0.15) is 53.8 Å². The van der Waals surface area contributed by atoms with Gasteiger partial charge >= 0.3 is 17.6 Å². The Morgan fingerprint density at radius 2 is 1.74 bits per heavy atom. The molecule has 0 saturated heterocycles. The normalized spacial score (nSPS) is 15.8. The van der Waals surface area contributed by atoms with E-state index < -0.39 is 18.0 Å². The zero-order valence-electron chi connectivity index (χ0n) is 20.6. The van der Waals surface area contributed by atoms with E-state index in [1.54, 1.807) is 10.6 Å². The fraction of sp³-hybridized carbons (Fsp3) is 0.333. The molecule has 3 heterocycles. The topological polar surface area (TPSA) is 138 Å². The second-order valence-electron chi connectivity index (χ2n) is 9.61. The first kappa shape index (κ1) is 23.8. The molecule has 0 spiro atoms. The lowest BCUT2D eigenvalue weighted by atomic mass is 10.1. The first-order chi connectivity index (χ1) is 18.4. The number of hydrogen-bond donors (Lipinski definition) is 1. The lowest BCUT2D eigenvalue weighted by Crippen LogP contribution is -2.39. The Kier molecular flexibility index (Phi) is 5.90. The number of hydrogen-bond acceptors (Lipinski definition) is 8. The van der Waals surface area contributed by atoms with Gasteiger partial charge in [0.15, 0.2) is 5.65 Å². The van der Waals surface area contributed by atoms with Gasteiger partial charge < -0.3 is 14.5 Å². The van der Waals surface area contributed by atoms with Crippen LogP contribution in [-0.2, 0) is 20.7 Å². The fourth-order valence-corrected chi connectivity index (χ4v) is 4.53. The Labute approximate surface area is 216 Å². The van der Waals surface area contributed by atoms with Crippen LogP contribution in [0.2, 0.25) is 0 Å². The number of fused-ring (bicyclic) bond motifs is 1.